The first-order chi connectivity index (χ1) is 10.7. The van der Waals surface area contributed by atoms with E-state index in [4.69, 9.17) is 10.5 Å². The second-order valence-corrected chi connectivity index (χ2v) is 4.45. The number of amides is 1. The maximum Gasteiger partial charge on any atom is 0.270 e. The molecular formula is C16H18N4O2. The molecule has 1 heterocycles. The summed E-state index contributed by atoms with van der Waals surface area (Å²) in [5.74, 6) is 0.391. The van der Waals surface area contributed by atoms with Gasteiger partial charge in [-0.3, -0.25) is 4.79 Å². The molecule has 0 aliphatic carbocycles. The van der Waals surface area contributed by atoms with E-state index in [1.54, 1.807) is 12.1 Å². The van der Waals surface area contributed by atoms with Crippen LogP contribution in [0.3, 0.4) is 0 Å². The molecule has 0 atom stereocenters. The fourth-order valence-electron chi connectivity index (χ4n) is 1.92. The molecular weight excluding hydrogens is 280 g/mol. The topological polar surface area (TPSA) is 90.1 Å². The molecule has 1 aromatic carbocycles. The number of carbonyl (C=O) groups is 1. The quantitative estimate of drug-likeness (QED) is 0.796. The third-order valence-electron chi connectivity index (χ3n) is 2.83. The minimum Gasteiger partial charge on any atom is -0.489 e. The van der Waals surface area contributed by atoms with E-state index in [1.807, 2.05) is 31.2 Å². The predicted molar refractivity (Wildman–Crippen MR) is 85.6 cm³/mol. The summed E-state index contributed by atoms with van der Waals surface area (Å²) >= 11 is 0. The number of nitrogens with two attached hydrogens (primary N) is 1. The molecule has 2 rings (SSSR count). The molecule has 0 saturated carbocycles. The molecule has 0 spiro atoms. The van der Waals surface area contributed by atoms with Crippen molar-refractivity contribution in [3.05, 3.63) is 48.7 Å². The molecule has 0 aliphatic rings. The minimum absolute atomic E-state index is 0.0391. The Bertz CT molecular complexity index is 686. The lowest BCUT2D eigenvalue weighted by Crippen LogP contribution is -2.24. The Hall–Kier alpha value is -2.89. The van der Waals surface area contributed by atoms with Crippen LogP contribution in [0, 0.1) is 0 Å². The SMILES string of the molecule is C=CCOc1ccccc1-c1cc(C(=O)NCC)nc(N)n1. The number of hydrogen-bond acceptors (Lipinski definition) is 5. The van der Waals surface area contributed by atoms with E-state index >= 15 is 0 Å². The third kappa shape index (κ3) is 3.60. The number of rotatable bonds is 6. The summed E-state index contributed by atoms with van der Waals surface area (Å²) in [4.78, 5) is 20.1. The normalized spacial score (nSPS) is 10.0. The Morgan fingerprint density at radius 2 is 2.18 bits per heavy atom. The summed E-state index contributed by atoms with van der Waals surface area (Å²) in [7, 11) is 0. The molecule has 6 heteroatoms. The van der Waals surface area contributed by atoms with Gasteiger partial charge in [0.1, 0.15) is 18.1 Å². The Labute approximate surface area is 129 Å². The molecule has 0 unspecified atom stereocenters. The zero-order valence-electron chi connectivity index (χ0n) is 12.4. The van der Waals surface area contributed by atoms with E-state index in [0.717, 1.165) is 5.56 Å². The molecule has 0 aliphatic heterocycles. The fraction of sp³-hybridized carbons (Fsp3) is 0.188. The maximum absolute atomic E-state index is 11.9. The number of nitrogen functional groups attached to an aromatic ring is 1. The van der Waals surface area contributed by atoms with E-state index in [-0.39, 0.29) is 17.5 Å². The Balaban J connectivity index is 2.44. The van der Waals surface area contributed by atoms with Crippen molar-refractivity contribution in [2.24, 2.45) is 0 Å². The van der Waals surface area contributed by atoms with Crippen molar-refractivity contribution >= 4 is 11.9 Å². The van der Waals surface area contributed by atoms with Gasteiger partial charge in [0.05, 0.1) is 5.69 Å². The fourth-order valence-corrected chi connectivity index (χ4v) is 1.92. The number of carbonyl (C=O) groups excluding carboxylic acids is 1. The Morgan fingerprint density at radius 3 is 2.91 bits per heavy atom. The molecule has 0 saturated heterocycles. The molecule has 6 nitrogen and oxygen atoms in total. The Kier molecular flexibility index (Phi) is 5.08. The van der Waals surface area contributed by atoms with Crippen LogP contribution in [0.1, 0.15) is 17.4 Å². The highest BCUT2D eigenvalue weighted by molar-refractivity contribution is 5.93. The van der Waals surface area contributed by atoms with E-state index in [9.17, 15) is 4.79 Å². The van der Waals surface area contributed by atoms with Gasteiger partial charge in [-0.1, -0.05) is 24.8 Å². The van der Waals surface area contributed by atoms with Crippen LogP contribution in [-0.4, -0.2) is 29.0 Å². The number of nitrogens with one attached hydrogen (secondary N) is 1. The highest BCUT2D eigenvalue weighted by Gasteiger charge is 2.13. The second-order valence-electron chi connectivity index (χ2n) is 4.45. The van der Waals surface area contributed by atoms with Gasteiger partial charge in [0.25, 0.3) is 5.91 Å². The summed E-state index contributed by atoms with van der Waals surface area (Å²) in [5, 5.41) is 2.69. The number of aromatic nitrogens is 2. The molecule has 0 fully saturated rings. The zero-order chi connectivity index (χ0) is 15.9. The third-order valence-corrected chi connectivity index (χ3v) is 2.83. The number of anilines is 1. The van der Waals surface area contributed by atoms with E-state index < -0.39 is 0 Å². The van der Waals surface area contributed by atoms with E-state index in [2.05, 4.69) is 21.9 Å². The van der Waals surface area contributed by atoms with Gasteiger partial charge in [-0.2, -0.15) is 0 Å². The zero-order valence-corrected chi connectivity index (χ0v) is 12.4. The predicted octanol–water partition coefficient (Wildman–Crippen LogP) is 2.04. The molecule has 0 radical (unpaired) electrons. The number of hydrogen-bond donors (Lipinski definition) is 2. The molecule has 1 aromatic heterocycles. The van der Waals surface area contributed by atoms with E-state index in [1.165, 1.54) is 0 Å². The van der Waals surface area contributed by atoms with Crippen LogP contribution in [0.5, 0.6) is 5.75 Å². The first-order valence-corrected chi connectivity index (χ1v) is 6.91. The van der Waals surface area contributed by atoms with Crippen LogP contribution in [0.4, 0.5) is 5.95 Å². The first kappa shape index (κ1) is 15.5. The number of benzene rings is 1. The maximum atomic E-state index is 11.9. The van der Waals surface area contributed by atoms with Crippen LogP contribution in [0.25, 0.3) is 11.3 Å². The van der Waals surface area contributed by atoms with Gasteiger partial charge >= 0.3 is 0 Å². The van der Waals surface area contributed by atoms with Crippen molar-refractivity contribution in [3.8, 4) is 17.0 Å². The van der Waals surface area contributed by atoms with Crippen molar-refractivity contribution in [2.45, 2.75) is 6.92 Å². The summed E-state index contributed by atoms with van der Waals surface area (Å²) in [6, 6.07) is 8.99. The lowest BCUT2D eigenvalue weighted by molar-refractivity contribution is 0.0951. The first-order valence-electron chi connectivity index (χ1n) is 6.91. The van der Waals surface area contributed by atoms with Crippen LogP contribution in [0.2, 0.25) is 0 Å². The molecule has 2 aromatic rings. The van der Waals surface area contributed by atoms with Crippen LogP contribution >= 0.6 is 0 Å². The van der Waals surface area contributed by atoms with Gasteiger partial charge in [-0.15, -0.1) is 0 Å². The van der Waals surface area contributed by atoms with Gasteiger partial charge < -0.3 is 15.8 Å². The van der Waals surface area contributed by atoms with Crippen molar-refractivity contribution in [1.29, 1.82) is 0 Å². The summed E-state index contributed by atoms with van der Waals surface area (Å²) < 4.78 is 5.61. The number of para-hydroxylation sites is 1. The number of nitrogens with zero attached hydrogens (tertiary/aromatic N) is 2. The van der Waals surface area contributed by atoms with Crippen molar-refractivity contribution < 1.29 is 9.53 Å². The lowest BCUT2D eigenvalue weighted by Gasteiger charge is -2.11. The average molecular weight is 298 g/mol. The van der Waals surface area contributed by atoms with Gasteiger partial charge in [0.15, 0.2) is 0 Å². The smallest absolute Gasteiger partial charge is 0.270 e. The molecule has 1 amide bonds. The van der Waals surface area contributed by atoms with Gasteiger partial charge in [0, 0.05) is 12.1 Å². The lowest BCUT2D eigenvalue weighted by atomic mass is 10.1. The largest absolute Gasteiger partial charge is 0.489 e. The molecule has 114 valence electrons. The van der Waals surface area contributed by atoms with Crippen molar-refractivity contribution in [3.63, 3.8) is 0 Å². The summed E-state index contributed by atoms with van der Waals surface area (Å²) in [6.45, 7) is 6.35. The van der Waals surface area contributed by atoms with Crippen LogP contribution in [0.15, 0.2) is 43.0 Å². The highest BCUT2D eigenvalue weighted by Crippen LogP contribution is 2.29. The minimum atomic E-state index is -0.289. The summed E-state index contributed by atoms with van der Waals surface area (Å²) in [6.07, 6.45) is 1.66. The van der Waals surface area contributed by atoms with Crippen molar-refractivity contribution in [1.82, 2.24) is 15.3 Å². The van der Waals surface area contributed by atoms with Gasteiger partial charge in [-0.05, 0) is 25.1 Å². The standard InChI is InChI=1S/C16H18N4O2/c1-3-9-22-14-8-6-5-7-11(14)12-10-13(15(21)18-4-2)20-16(17)19-12/h3,5-8,10H,1,4,9H2,2H3,(H,18,21)(H2,17,19,20). The Morgan fingerprint density at radius 1 is 1.41 bits per heavy atom. The van der Waals surface area contributed by atoms with Crippen LogP contribution < -0.4 is 15.8 Å². The number of ether oxygens (including phenoxy) is 1. The van der Waals surface area contributed by atoms with Crippen LogP contribution in [-0.2, 0) is 0 Å². The van der Waals surface area contributed by atoms with E-state index in [0.29, 0.717) is 24.6 Å². The van der Waals surface area contributed by atoms with Gasteiger partial charge in [-0.25, -0.2) is 9.97 Å². The average Bonchev–Trinajstić information content (AvgIpc) is 2.53. The monoisotopic (exact) mass is 298 g/mol. The molecule has 3 N–H and O–H groups in total. The van der Waals surface area contributed by atoms with Crippen molar-refractivity contribution in [2.75, 3.05) is 18.9 Å². The van der Waals surface area contributed by atoms with Gasteiger partial charge in [0.2, 0.25) is 5.95 Å². The highest BCUT2D eigenvalue weighted by atomic mass is 16.5. The second kappa shape index (κ2) is 7.21. The molecule has 0 bridgehead atoms. The summed E-state index contributed by atoms with van der Waals surface area (Å²) in [5.41, 5.74) is 7.22. The molecule has 22 heavy (non-hydrogen) atoms.